The topological polar surface area (TPSA) is 83.6 Å². The number of aryl methyl sites for hydroxylation is 1. The van der Waals surface area contributed by atoms with E-state index in [9.17, 15) is 4.79 Å². The number of ketones is 1. The lowest BCUT2D eigenvalue weighted by molar-refractivity contribution is -0.176. The van der Waals surface area contributed by atoms with Gasteiger partial charge in [0.05, 0.1) is 0 Å². The molecule has 0 spiro atoms. The van der Waals surface area contributed by atoms with Crippen LogP contribution >= 0.6 is 12.8 Å². The molecule has 0 radical (unpaired) electrons. The monoisotopic (exact) mass is 247 g/mol. The van der Waals surface area contributed by atoms with E-state index in [1.165, 1.54) is 5.56 Å². The second-order valence-electron chi connectivity index (χ2n) is 2.42. The van der Waals surface area contributed by atoms with Crippen molar-refractivity contribution in [1.29, 1.82) is 0 Å². The zero-order chi connectivity index (χ0) is 13.6. The van der Waals surface area contributed by atoms with Gasteiger partial charge < -0.3 is 0 Å². The van der Waals surface area contributed by atoms with Crippen molar-refractivity contribution in [2.75, 3.05) is 0 Å². The van der Waals surface area contributed by atoms with Gasteiger partial charge in [0.2, 0.25) is 0 Å². The number of Topliss-reactive ketones (excluding diaryl/α,β-unsaturated/α-hetero) is 1. The smallest absolute Gasteiger partial charge is 0.159 e. The molecule has 0 saturated heterocycles. The maximum atomic E-state index is 10.8. The third kappa shape index (κ3) is 11.2. The zero-order valence-electron chi connectivity index (χ0n) is 10.1. The highest BCUT2D eigenvalue weighted by molar-refractivity contribution is 7.77. The third-order valence-corrected chi connectivity index (χ3v) is 1.46. The third-order valence-electron chi connectivity index (χ3n) is 1.46. The fourth-order valence-electron chi connectivity index (χ4n) is 0.788. The Labute approximate surface area is 103 Å². The first-order chi connectivity index (χ1) is 7.70. The Morgan fingerprint density at radius 1 is 1.12 bits per heavy atom. The number of carbonyl (C=O) groups is 1. The molecule has 5 heteroatoms. The number of carbonyl (C=O) groups excluding carboxylic acids is 1. The van der Waals surface area contributed by atoms with Crippen LogP contribution in [0.5, 0.6) is 0 Å². The zero-order valence-corrected chi connectivity index (χ0v) is 11.0. The van der Waals surface area contributed by atoms with Gasteiger partial charge in [-0.05, 0) is 13.8 Å². The Hall–Kier alpha value is -0.880. The summed E-state index contributed by atoms with van der Waals surface area (Å²) in [7, 11) is 0. The van der Waals surface area contributed by atoms with Gasteiger partial charge in [-0.1, -0.05) is 43.7 Å². The predicted octanol–water partition coefficient (Wildman–Crippen LogP) is 3.03. The van der Waals surface area contributed by atoms with Crippen molar-refractivity contribution in [1.82, 2.24) is 0 Å². The highest BCUT2D eigenvalue weighted by Gasteiger charge is 1.95. The van der Waals surface area contributed by atoms with Crippen LogP contribution in [0.2, 0.25) is 0 Å². The number of nitrogens with two attached hydrogens (primary N) is 1. The van der Waals surface area contributed by atoms with Gasteiger partial charge >= 0.3 is 0 Å². The average molecular weight is 247 g/mol. The molecular formula is C11H21NO3S. The average Bonchev–Trinajstić information content (AvgIpc) is 2.37. The highest BCUT2D eigenvalue weighted by atomic mass is 32.1. The standard InChI is InChI=1S/C9H10O.C2H6.H3NS.H2O2/c1-7-3-5-9(6-4-7)8(2)10;3*1-2/h3-6H,1-2H3;1-2H3;2H,1H2;1-2H. The molecule has 16 heavy (non-hydrogen) atoms. The SMILES string of the molecule is CC.CC(=O)c1ccc(C)cc1.NS.OO. The Bertz CT molecular complexity index is 250. The molecule has 0 aromatic heterocycles. The predicted molar refractivity (Wildman–Crippen MR) is 71.0 cm³/mol. The van der Waals surface area contributed by atoms with Gasteiger partial charge in [0.25, 0.3) is 0 Å². The van der Waals surface area contributed by atoms with Crippen LogP contribution in [0.4, 0.5) is 0 Å². The van der Waals surface area contributed by atoms with Crippen molar-refractivity contribution in [3.05, 3.63) is 35.4 Å². The number of hydrogen-bond acceptors (Lipinski definition) is 5. The van der Waals surface area contributed by atoms with Crippen LogP contribution in [-0.2, 0) is 0 Å². The molecule has 1 rings (SSSR count). The summed E-state index contributed by atoms with van der Waals surface area (Å²) in [5, 5.41) is 16.2. The molecule has 1 aromatic rings. The summed E-state index contributed by atoms with van der Waals surface area (Å²) in [5.74, 6) is 0.125. The molecule has 0 aliphatic heterocycles. The Balaban J connectivity index is -0.000000245. The van der Waals surface area contributed by atoms with E-state index in [1.807, 2.05) is 45.0 Å². The first kappa shape index (κ1) is 20.5. The van der Waals surface area contributed by atoms with Crippen molar-refractivity contribution < 1.29 is 15.3 Å². The minimum Gasteiger partial charge on any atom is -0.295 e. The molecule has 0 aliphatic carbocycles. The van der Waals surface area contributed by atoms with Crippen LogP contribution in [0.3, 0.4) is 0 Å². The van der Waals surface area contributed by atoms with Gasteiger partial charge in [-0.15, -0.1) is 12.8 Å². The molecule has 0 bridgehead atoms. The van der Waals surface area contributed by atoms with Crippen LogP contribution < -0.4 is 5.14 Å². The van der Waals surface area contributed by atoms with E-state index in [-0.39, 0.29) is 5.78 Å². The van der Waals surface area contributed by atoms with Gasteiger partial charge in [-0.25, -0.2) is 0 Å². The Morgan fingerprint density at radius 3 is 1.69 bits per heavy atom. The van der Waals surface area contributed by atoms with E-state index in [1.54, 1.807) is 6.92 Å². The summed E-state index contributed by atoms with van der Waals surface area (Å²) >= 11 is 3.03. The van der Waals surface area contributed by atoms with Crippen LogP contribution in [0, 0.1) is 6.92 Å². The molecule has 0 fully saturated rings. The Kier molecular flexibility index (Phi) is 21.2. The fraction of sp³-hybridized carbons (Fsp3) is 0.364. The minimum absolute atomic E-state index is 0.125. The van der Waals surface area contributed by atoms with E-state index in [4.69, 9.17) is 10.5 Å². The largest absolute Gasteiger partial charge is 0.295 e. The van der Waals surface area contributed by atoms with Crippen molar-refractivity contribution >= 4 is 18.6 Å². The van der Waals surface area contributed by atoms with Gasteiger partial charge in [-0.2, -0.15) is 0 Å². The van der Waals surface area contributed by atoms with E-state index >= 15 is 0 Å². The van der Waals surface area contributed by atoms with Crippen LogP contribution in [0.1, 0.15) is 36.7 Å². The molecule has 94 valence electrons. The molecule has 1 aromatic carbocycles. The fourth-order valence-corrected chi connectivity index (χ4v) is 0.788. The van der Waals surface area contributed by atoms with Crippen LogP contribution in [-0.4, -0.2) is 16.3 Å². The maximum absolute atomic E-state index is 10.8. The summed E-state index contributed by atoms with van der Waals surface area (Å²) < 4.78 is 0. The lowest BCUT2D eigenvalue weighted by atomic mass is 10.1. The minimum atomic E-state index is 0.125. The van der Waals surface area contributed by atoms with Gasteiger partial charge in [-0.3, -0.25) is 20.4 Å². The van der Waals surface area contributed by atoms with Gasteiger partial charge in [0, 0.05) is 5.56 Å². The maximum Gasteiger partial charge on any atom is 0.159 e. The number of rotatable bonds is 1. The molecule has 0 saturated carbocycles. The molecule has 4 nitrogen and oxygen atoms in total. The van der Waals surface area contributed by atoms with Crippen LogP contribution in [0.25, 0.3) is 0 Å². The highest BCUT2D eigenvalue weighted by Crippen LogP contribution is 2.02. The molecule has 0 heterocycles. The van der Waals surface area contributed by atoms with Gasteiger partial charge in [0.1, 0.15) is 0 Å². The van der Waals surface area contributed by atoms with E-state index in [0.29, 0.717) is 0 Å². The van der Waals surface area contributed by atoms with E-state index < -0.39 is 0 Å². The lowest BCUT2D eigenvalue weighted by Crippen LogP contribution is -1.90. The van der Waals surface area contributed by atoms with E-state index in [2.05, 4.69) is 18.0 Å². The van der Waals surface area contributed by atoms with Crippen molar-refractivity contribution in [2.24, 2.45) is 5.14 Å². The lowest BCUT2D eigenvalue weighted by Gasteiger charge is -1.93. The molecule has 0 amide bonds. The second-order valence-corrected chi connectivity index (χ2v) is 2.42. The van der Waals surface area contributed by atoms with Crippen molar-refractivity contribution in [3.63, 3.8) is 0 Å². The number of benzene rings is 1. The molecular weight excluding hydrogens is 226 g/mol. The van der Waals surface area contributed by atoms with Crippen LogP contribution in [0.15, 0.2) is 24.3 Å². The summed E-state index contributed by atoms with van der Waals surface area (Å²) in [4.78, 5) is 10.8. The normalized spacial score (nSPS) is 7.00. The molecule has 4 N–H and O–H groups in total. The summed E-state index contributed by atoms with van der Waals surface area (Å²) in [6.45, 7) is 7.58. The summed E-state index contributed by atoms with van der Waals surface area (Å²) in [5.41, 5.74) is 1.97. The number of hydrogen-bond donors (Lipinski definition) is 4. The van der Waals surface area contributed by atoms with E-state index in [0.717, 1.165) is 5.56 Å². The Morgan fingerprint density at radius 2 is 1.44 bits per heavy atom. The molecule has 0 aliphatic rings. The quantitative estimate of drug-likeness (QED) is 0.266. The number of thiol groups is 1. The first-order valence-corrected chi connectivity index (χ1v) is 5.25. The van der Waals surface area contributed by atoms with Crippen molar-refractivity contribution in [2.45, 2.75) is 27.7 Å². The second kappa shape index (κ2) is 16.5. The van der Waals surface area contributed by atoms with Gasteiger partial charge in [0.15, 0.2) is 5.78 Å². The first-order valence-electron chi connectivity index (χ1n) is 4.73. The van der Waals surface area contributed by atoms with Crippen molar-refractivity contribution in [3.8, 4) is 0 Å². The molecule has 0 atom stereocenters. The summed E-state index contributed by atoms with van der Waals surface area (Å²) in [6.07, 6.45) is 0. The summed E-state index contributed by atoms with van der Waals surface area (Å²) in [6, 6.07) is 7.57. The molecule has 0 unspecified atom stereocenters.